The lowest BCUT2D eigenvalue weighted by molar-refractivity contribution is 0.328. The van der Waals surface area contributed by atoms with Crippen LogP contribution in [0.4, 0.5) is 10.1 Å². The Morgan fingerprint density at radius 1 is 1.19 bits per heavy atom. The lowest BCUT2D eigenvalue weighted by Crippen LogP contribution is -2.25. The van der Waals surface area contributed by atoms with Gasteiger partial charge in [0.15, 0.2) is 0 Å². The standard InChI is InChI=1S/C17H18BrFN2/c18-16-10-14(6-7-17(16)19)20-15-8-9-21(12-15)11-13-4-2-1-3-5-13/h1-7,10,15,20H,8-9,11-12H2. The lowest BCUT2D eigenvalue weighted by Gasteiger charge is -2.17. The van der Waals surface area contributed by atoms with E-state index in [0.717, 1.165) is 31.7 Å². The minimum Gasteiger partial charge on any atom is -0.381 e. The number of hydrogen-bond acceptors (Lipinski definition) is 2. The van der Waals surface area contributed by atoms with Gasteiger partial charge in [-0.15, -0.1) is 0 Å². The van der Waals surface area contributed by atoms with Crippen LogP contribution in [0.1, 0.15) is 12.0 Å². The Labute approximate surface area is 133 Å². The predicted molar refractivity (Wildman–Crippen MR) is 87.8 cm³/mol. The molecule has 0 radical (unpaired) electrons. The molecular weight excluding hydrogens is 331 g/mol. The minimum atomic E-state index is -0.224. The second-order valence-corrected chi connectivity index (χ2v) is 6.33. The highest BCUT2D eigenvalue weighted by Crippen LogP contribution is 2.23. The molecule has 4 heteroatoms. The fraction of sp³-hybridized carbons (Fsp3) is 0.294. The molecule has 2 aromatic carbocycles. The van der Waals surface area contributed by atoms with Crippen LogP contribution in [-0.2, 0) is 6.54 Å². The van der Waals surface area contributed by atoms with Gasteiger partial charge < -0.3 is 5.32 Å². The zero-order valence-corrected chi connectivity index (χ0v) is 13.3. The van der Waals surface area contributed by atoms with Crippen molar-refractivity contribution >= 4 is 21.6 Å². The molecule has 2 aromatic rings. The van der Waals surface area contributed by atoms with E-state index in [1.165, 1.54) is 11.6 Å². The van der Waals surface area contributed by atoms with Crippen molar-refractivity contribution in [2.24, 2.45) is 0 Å². The molecule has 2 nitrogen and oxygen atoms in total. The third-order valence-corrected chi connectivity index (χ3v) is 4.42. The minimum absolute atomic E-state index is 0.224. The average molecular weight is 349 g/mol. The van der Waals surface area contributed by atoms with E-state index >= 15 is 0 Å². The fourth-order valence-electron chi connectivity index (χ4n) is 2.76. The smallest absolute Gasteiger partial charge is 0.137 e. The highest BCUT2D eigenvalue weighted by molar-refractivity contribution is 9.10. The number of likely N-dealkylation sites (tertiary alicyclic amines) is 1. The quantitative estimate of drug-likeness (QED) is 0.887. The van der Waals surface area contributed by atoms with Gasteiger partial charge >= 0.3 is 0 Å². The molecule has 1 aliphatic rings. The molecule has 1 unspecified atom stereocenters. The van der Waals surface area contributed by atoms with Crippen molar-refractivity contribution in [2.75, 3.05) is 18.4 Å². The molecule has 3 rings (SSSR count). The van der Waals surface area contributed by atoms with Crippen molar-refractivity contribution < 1.29 is 4.39 Å². The van der Waals surface area contributed by atoms with Gasteiger partial charge in [0.2, 0.25) is 0 Å². The van der Waals surface area contributed by atoms with Gasteiger partial charge in [0.25, 0.3) is 0 Å². The average Bonchev–Trinajstić information content (AvgIpc) is 2.91. The van der Waals surface area contributed by atoms with Crippen LogP contribution in [0.2, 0.25) is 0 Å². The van der Waals surface area contributed by atoms with Gasteiger partial charge in [0, 0.05) is 31.4 Å². The summed E-state index contributed by atoms with van der Waals surface area (Å²) in [6.45, 7) is 3.10. The Morgan fingerprint density at radius 3 is 2.76 bits per heavy atom. The second-order valence-electron chi connectivity index (χ2n) is 5.48. The SMILES string of the molecule is Fc1ccc(NC2CCN(Cc3ccccc3)C2)cc1Br. The molecule has 0 aliphatic carbocycles. The van der Waals surface area contributed by atoms with Crippen LogP contribution in [-0.4, -0.2) is 24.0 Å². The third kappa shape index (κ3) is 3.83. The number of nitrogens with zero attached hydrogens (tertiary/aromatic N) is 1. The highest BCUT2D eigenvalue weighted by Gasteiger charge is 2.22. The predicted octanol–water partition coefficient (Wildman–Crippen LogP) is 4.27. The topological polar surface area (TPSA) is 15.3 Å². The normalized spacial score (nSPS) is 18.9. The van der Waals surface area contributed by atoms with E-state index in [4.69, 9.17) is 0 Å². The number of hydrogen-bond donors (Lipinski definition) is 1. The number of halogens is 2. The molecule has 21 heavy (non-hydrogen) atoms. The second kappa shape index (κ2) is 6.58. The Morgan fingerprint density at radius 2 is 2.00 bits per heavy atom. The van der Waals surface area contributed by atoms with Crippen LogP contribution >= 0.6 is 15.9 Å². The molecule has 1 atom stereocenters. The van der Waals surface area contributed by atoms with Crippen molar-refractivity contribution in [3.8, 4) is 0 Å². The fourth-order valence-corrected chi connectivity index (χ4v) is 3.14. The molecule has 1 saturated heterocycles. The van der Waals surface area contributed by atoms with E-state index in [0.29, 0.717) is 10.5 Å². The molecule has 0 saturated carbocycles. The Bertz CT molecular complexity index is 603. The lowest BCUT2D eigenvalue weighted by atomic mass is 10.2. The number of benzene rings is 2. The van der Waals surface area contributed by atoms with Gasteiger partial charge in [-0.3, -0.25) is 4.90 Å². The van der Waals surface area contributed by atoms with E-state index in [2.05, 4.69) is 50.4 Å². The first-order valence-electron chi connectivity index (χ1n) is 7.18. The largest absolute Gasteiger partial charge is 0.381 e. The number of anilines is 1. The molecular formula is C17H18BrFN2. The van der Waals surface area contributed by atoms with Crippen molar-refractivity contribution in [2.45, 2.75) is 19.0 Å². The van der Waals surface area contributed by atoms with E-state index in [-0.39, 0.29) is 5.82 Å². The van der Waals surface area contributed by atoms with Crippen molar-refractivity contribution in [3.63, 3.8) is 0 Å². The molecule has 0 amide bonds. The first kappa shape index (κ1) is 14.5. The van der Waals surface area contributed by atoms with Crippen LogP contribution in [0.5, 0.6) is 0 Å². The molecule has 1 N–H and O–H groups in total. The third-order valence-electron chi connectivity index (χ3n) is 3.81. The summed E-state index contributed by atoms with van der Waals surface area (Å²) in [6.07, 6.45) is 1.11. The first-order chi connectivity index (χ1) is 10.2. The summed E-state index contributed by atoms with van der Waals surface area (Å²) in [4.78, 5) is 2.45. The number of nitrogens with one attached hydrogen (secondary N) is 1. The molecule has 1 fully saturated rings. The van der Waals surface area contributed by atoms with Crippen molar-refractivity contribution in [1.82, 2.24) is 4.90 Å². The van der Waals surface area contributed by atoms with Crippen molar-refractivity contribution in [1.29, 1.82) is 0 Å². The molecule has 0 spiro atoms. The Hall–Kier alpha value is -1.39. The van der Waals surface area contributed by atoms with Gasteiger partial charge in [-0.2, -0.15) is 0 Å². The molecule has 0 aromatic heterocycles. The summed E-state index contributed by atoms with van der Waals surface area (Å²) in [6, 6.07) is 16.0. The molecule has 0 bridgehead atoms. The Kier molecular flexibility index (Phi) is 4.56. The molecule has 1 heterocycles. The van der Waals surface area contributed by atoms with Gasteiger partial charge in [0.1, 0.15) is 5.82 Å². The maximum absolute atomic E-state index is 13.2. The van der Waals surface area contributed by atoms with Crippen molar-refractivity contribution in [3.05, 3.63) is 64.4 Å². The van der Waals surface area contributed by atoms with E-state index in [1.54, 1.807) is 12.1 Å². The summed E-state index contributed by atoms with van der Waals surface area (Å²) in [5, 5.41) is 3.49. The summed E-state index contributed by atoms with van der Waals surface area (Å²) >= 11 is 3.23. The van der Waals surface area contributed by atoms with Crippen LogP contribution in [0, 0.1) is 5.82 Å². The van der Waals surface area contributed by atoms with E-state index in [9.17, 15) is 4.39 Å². The zero-order chi connectivity index (χ0) is 14.7. The highest BCUT2D eigenvalue weighted by atomic mass is 79.9. The van der Waals surface area contributed by atoms with E-state index < -0.39 is 0 Å². The van der Waals surface area contributed by atoms with Gasteiger partial charge in [-0.25, -0.2) is 4.39 Å². The van der Waals surface area contributed by atoms with Gasteiger partial charge in [-0.1, -0.05) is 30.3 Å². The Balaban J connectivity index is 1.56. The monoisotopic (exact) mass is 348 g/mol. The maximum atomic E-state index is 13.2. The summed E-state index contributed by atoms with van der Waals surface area (Å²) in [5.74, 6) is -0.224. The van der Waals surface area contributed by atoms with E-state index in [1.807, 2.05) is 6.07 Å². The van der Waals surface area contributed by atoms with Gasteiger partial charge in [0.05, 0.1) is 4.47 Å². The van der Waals surface area contributed by atoms with Crippen LogP contribution in [0.15, 0.2) is 53.0 Å². The molecule has 110 valence electrons. The van der Waals surface area contributed by atoms with Crippen LogP contribution in [0.3, 0.4) is 0 Å². The number of rotatable bonds is 4. The summed E-state index contributed by atoms with van der Waals surface area (Å²) in [7, 11) is 0. The van der Waals surface area contributed by atoms with Crippen LogP contribution in [0.25, 0.3) is 0 Å². The summed E-state index contributed by atoms with van der Waals surface area (Å²) in [5.41, 5.74) is 2.32. The first-order valence-corrected chi connectivity index (χ1v) is 7.98. The summed E-state index contributed by atoms with van der Waals surface area (Å²) < 4.78 is 13.7. The maximum Gasteiger partial charge on any atom is 0.137 e. The zero-order valence-electron chi connectivity index (χ0n) is 11.7. The van der Waals surface area contributed by atoms with Gasteiger partial charge in [-0.05, 0) is 46.1 Å². The van der Waals surface area contributed by atoms with Crippen LogP contribution < -0.4 is 5.32 Å². The molecule has 1 aliphatic heterocycles.